The minimum absolute atomic E-state index is 0.0825. The first-order valence-corrected chi connectivity index (χ1v) is 9.04. The van der Waals surface area contributed by atoms with Crippen LogP contribution in [0, 0.1) is 0 Å². The van der Waals surface area contributed by atoms with Gasteiger partial charge in [0, 0.05) is 27.6 Å². The van der Waals surface area contributed by atoms with Gasteiger partial charge in [0.05, 0.1) is 6.54 Å². The predicted octanol–water partition coefficient (Wildman–Crippen LogP) is 2.40. The van der Waals surface area contributed by atoms with Crippen LogP contribution < -0.4 is 5.32 Å². The van der Waals surface area contributed by atoms with Crippen molar-refractivity contribution in [1.82, 2.24) is 4.90 Å². The molecule has 1 N–H and O–H groups in total. The molecule has 2 aromatic carbocycles. The quantitative estimate of drug-likeness (QED) is 0.449. The number of imide groups is 1. The highest BCUT2D eigenvalue weighted by Crippen LogP contribution is 2.34. The van der Waals surface area contributed by atoms with E-state index in [0.29, 0.717) is 27.6 Å². The number of amides is 3. The Kier molecular flexibility index (Phi) is 5.62. The zero-order valence-electron chi connectivity index (χ0n) is 14.0. The first-order chi connectivity index (χ1) is 13.0. The average molecular weight is 409 g/mol. The van der Waals surface area contributed by atoms with E-state index in [4.69, 9.17) is 27.9 Å². The monoisotopic (exact) mass is 408 g/mol. The van der Waals surface area contributed by atoms with Crippen molar-refractivity contribution in [2.24, 2.45) is 0 Å². The van der Waals surface area contributed by atoms with Crippen molar-refractivity contribution in [3.05, 3.63) is 41.5 Å². The molecule has 1 aliphatic rings. The number of nitrogens with one attached hydrogen (secondary N) is 1. The molecule has 27 heavy (non-hydrogen) atoms. The second-order valence-electron chi connectivity index (χ2n) is 5.69. The number of alkyl halides is 2. The Morgan fingerprint density at radius 2 is 1.70 bits per heavy atom. The standard InChI is InChI=1S/C18H14Cl2N2O5/c19-8-14(23)21-13-5-4-12-16-10(13)2-1-3-11(16)17(25)22(18(12)26)6-7-27-15(24)9-20/h1-5H,6-9H2,(H,21,23). The van der Waals surface area contributed by atoms with Gasteiger partial charge in [-0.05, 0) is 18.2 Å². The van der Waals surface area contributed by atoms with E-state index in [9.17, 15) is 19.2 Å². The number of halogens is 2. The van der Waals surface area contributed by atoms with Gasteiger partial charge in [-0.1, -0.05) is 12.1 Å². The lowest BCUT2D eigenvalue weighted by molar-refractivity contribution is -0.140. The summed E-state index contributed by atoms with van der Waals surface area (Å²) in [6.45, 7) is -0.223. The number of carbonyl (C=O) groups excluding carboxylic acids is 4. The molecule has 0 fully saturated rings. The molecule has 140 valence electrons. The summed E-state index contributed by atoms with van der Waals surface area (Å²) < 4.78 is 4.85. The highest BCUT2D eigenvalue weighted by molar-refractivity contribution is 6.30. The van der Waals surface area contributed by atoms with Crippen LogP contribution in [0.5, 0.6) is 0 Å². The Morgan fingerprint density at radius 3 is 2.37 bits per heavy atom. The summed E-state index contributed by atoms with van der Waals surface area (Å²) in [6.07, 6.45) is 0. The Morgan fingerprint density at radius 1 is 1.00 bits per heavy atom. The summed E-state index contributed by atoms with van der Waals surface area (Å²) in [7, 11) is 0. The van der Waals surface area contributed by atoms with Gasteiger partial charge in [0.25, 0.3) is 11.8 Å². The van der Waals surface area contributed by atoms with Crippen LogP contribution in [-0.4, -0.2) is 53.5 Å². The van der Waals surface area contributed by atoms with Gasteiger partial charge in [0.2, 0.25) is 5.91 Å². The lowest BCUT2D eigenvalue weighted by Gasteiger charge is -2.27. The van der Waals surface area contributed by atoms with Gasteiger partial charge >= 0.3 is 5.97 Å². The van der Waals surface area contributed by atoms with Gasteiger partial charge < -0.3 is 10.1 Å². The zero-order chi connectivity index (χ0) is 19.6. The van der Waals surface area contributed by atoms with Crippen LogP contribution in [0.2, 0.25) is 0 Å². The van der Waals surface area contributed by atoms with E-state index in [1.165, 1.54) is 0 Å². The fourth-order valence-corrected chi connectivity index (χ4v) is 3.08. The third kappa shape index (κ3) is 3.61. The molecule has 0 aliphatic carbocycles. The minimum Gasteiger partial charge on any atom is -0.463 e. The van der Waals surface area contributed by atoms with Crippen molar-refractivity contribution >= 4 is 63.4 Å². The molecule has 0 saturated heterocycles. The summed E-state index contributed by atoms with van der Waals surface area (Å²) in [5.74, 6) is -2.54. The third-order valence-electron chi connectivity index (χ3n) is 4.07. The van der Waals surface area contributed by atoms with Gasteiger partial charge in [-0.25, -0.2) is 0 Å². The molecule has 3 rings (SSSR count). The van der Waals surface area contributed by atoms with Crippen LogP contribution in [0.1, 0.15) is 20.7 Å². The largest absolute Gasteiger partial charge is 0.463 e. The van der Waals surface area contributed by atoms with E-state index in [1.54, 1.807) is 30.3 Å². The predicted molar refractivity (Wildman–Crippen MR) is 100 cm³/mol. The smallest absolute Gasteiger partial charge is 0.320 e. The first kappa shape index (κ1) is 19.1. The summed E-state index contributed by atoms with van der Waals surface area (Å²) in [4.78, 5) is 49.3. The molecule has 0 aromatic heterocycles. The highest BCUT2D eigenvalue weighted by Gasteiger charge is 2.33. The maximum absolute atomic E-state index is 12.8. The second kappa shape index (κ2) is 7.94. The Balaban J connectivity index is 1.97. The number of rotatable bonds is 6. The molecule has 7 nitrogen and oxygen atoms in total. The number of hydrogen-bond donors (Lipinski definition) is 1. The minimum atomic E-state index is -0.629. The summed E-state index contributed by atoms with van der Waals surface area (Å²) in [5.41, 5.74) is 1.12. The second-order valence-corrected chi connectivity index (χ2v) is 6.22. The zero-order valence-corrected chi connectivity index (χ0v) is 15.5. The number of carbonyl (C=O) groups is 4. The number of esters is 1. The molecular weight excluding hydrogens is 395 g/mol. The molecule has 0 radical (unpaired) electrons. The first-order valence-electron chi connectivity index (χ1n) is 7.97. The maximum atomic E-state index is 12.8. The van der Waals surface area contributed by atoms with Crippen LogP contribution in [0.4, 0.5) is 5.69 Å². The number of nitrogens with zero attached hydrogens (tertiary/aromatic N) is 1. The molecule has 1 aliphatic heterocycles. The lowest BCUT2D eigenvalue weighted by Crippen LogP contribution is -2.42. The molecule has 0 unspecified atom stereocenters. The van der Waals surface area contributed by atoms with Crippen LogP contribution in [0.25, 0.3) is 10.8 Å². The average Bonchev–Trinajstić information content (AvgIpc) is 2.68. The SMILES string of the molecule is O=C(CCl)Nc1ccc2c3c(cccc13)C(=O)N(CCOC(=O)CCl)C2=O. The van der Waals surface area contributed by atoms with E-state index in [-0.39, 0.29) is 24.9 Å². The summed E-state index contributed by atoms with van der Waals surface area (Å²) in [5, 5.41) is 3.69. The van der Waals surface area contributed by atoms with Crippen molar-refractivity contribution in [1.29, 1.82) is 0 Å². The molecule has 0 saturated carbocycles. The number of hydrogen-bond acceptors (Lipinski definition) is 5. The molecule has 2 aromatic rings. The Hall–Kier alpha value is -2.64. The normalized spacial score (nSPS) is 13.0. The van der Waals surface area contributed by atoms with Gasteiger partial charge in [0.1, 0.15) is 18.4 Å². The highest BCUT2D eigenvalue weighted by atomic mass is 35.5. The molecule has 0 bridgehead atoms. The Bertz CT molecular complexity index is 938. The van der Waals surface area contributed by atoms with Gasteiger partial charge in [-0.3, -0.25) is 24.1 Å². The van der Waals surface area contributed by atoms with Crippen molar-refractivity contribution < 1.29 is 23.9 Å². The lowest BCUT2D eigenvalue weighted by atomic mass is 9.93. The number of benzene rings is 2. The molecule has 9 heteroatoms. The maximum Gasteiger partial charge on any atom is 0.320 e. The van der Waals surface area contributed by atoms with E-state index in [2.05, 4.69) is 5.32 Å². The Labute approximate surface area is 164 Å². The topological polar surface area (TPSA) is 92.8 Å². The molecule has 0 spiro atoms. The molecule has 1 heterocycles. The summed E-state index contributed by atoms with van der Waals surface area (Å²) in [6, 6.07) is 8.11. The fourth-order valence-electron chi connectivity index (χ4n) is 2.93. The fraction of sp³-hybridized carbons (Fsp3) is 0.222. The molecule has 0 atom stereocenters. The number of anilines is 1. The van der Waals surface area contributed by atoms with E-state index in [1.807, 2.05) is 0 Å². The van der Waals surface area contributed by atoms with Crippen molar-refractivity contribution in [3.8, 4) is 0 Å². The van der Waals surface area contributed by atoms with Crippen molar-refractivity contribution in [3.63, 3.8) is 0 Å². The van der Waals surface area contributed by atoms with Crippen molar-refractivity contribution in [2.45, 2.75) is 0 Å². The van der Waals surface area contributed by atoms with Crippen LogP contribution >= 0.6 is 23.2 Å². The summed E-state index contributed by atoms with van der Waals surface area (Å²) >= 11 is 10.9. The molecular formula is C18H14Cl2N2O5. The third-order valence-corrected chi connectivity index (χ3v) is 4.54. The molecule has 3 amide bonds. The van der Waals surface area contributed by atoms with Gasteiger partial charge in [-0.15, -0.1) is 23.2 Å². The van der Waals surface area contributed by atoms with Crippen LogP contribution in [0.15, 0.2) is 30.3 Å². The van der Waals surface area contributed by atoms with Gasteiger partial charge in [0.15, 0.2) is 0 Å². The van der Waals surface area contributed by atoms with Crippen molar-refractivity contribution in [2.75, 3.05) is 30.2 Å². The number of ether oxygens (including phenoxy) is 1. The van der Waals surface area contributed by atoms with E-state index < -0.39 is 23.7 Å². The van der Waals surface area contributed by atoms with E-state index in [0.717, 1.165) is 4.90 Å². The van der Waals surface area contributed by atoms with Crippen LogP contribution in [0.3, 0.4) is 0 Å². The van der Waals surface area contributed by atoms with Gasteiger partial charge in [-0.2, -0.15) is 0 Å². The van der Waals surface area contributed by atoms with E-state index >= 15 is 0 Å². The van der Waals surface area contributed by atoms with Crippen LogP contribution in [-0.2, 0) is 14.3 Å².